The third-order valence-electron chi connectivity index (χ3n) is 3.66. The van der Waals surface area contributed by atoms with Crippen LogP contribution in [0.2, 0.25) is 0 Å². The Bertz CT molecular complexity index is 483. The van der Waals surface area contributed by atoms with Gasteiger partial charge in [0.25, 0.3) is 0 Å². The van der Waals surface area contributed by atoms with Crippen LogP contribution in [0.25, 0.3) is 0 Å². The summed E-state index contributed by atoms with van der Waals surface area (Å²) in [4.78, 5) is 6.76. The van der Waals surface area contributed by atoms with Crippen LogP contribution in [0.4, 0.5) is 5.13 Å². The van der Waals surface area contributed by atoms with Crippen LogP contribution >= 0.6 is 11.3 Å². The molecule has 94 valence electrons. The number of hydrogen-bond donors (Lipinski definition) is 1. The fourth-order valence-electron chi connectivity index (χ4n) is 2.72. The summed E-state index contributed by atoms with van der Waals surface area (Å²) in [6.45, 7) is 2.78. The predicted octanol–water partition coefficient (Wildman–Crippen LogP) is 2.32. The zero-order valence-electron chi connectivity index (χ0n) is 10.2. The molecule has 2 N–H and O–H groups in total. The fraction of sp³-hybridized carbons (Fsp3) is 0.357. The molecule has 0 spiro atoms. The fourth-order valence-corrected chi connectivity index (χ4v) is 3.38. The normalized spacial score (nSPS) is 23.5. The molecule has 0 bridgehead atoms. The number of hydrogen-bond acceptors (Lipinski definition) is 4. The first-order chi connectivity index (χ1) is 8.88. The van der Waals surface area contributed by atoms with Gasteiger partial charge in [-0.05, 0) is 18.0 Å². The minimum atomic E-state index is 0.524. The van der Waals surface area contributed by atoms with E-state index in [2.05, 4.69) is 40.2 Å². The lowest BCUT2D eigenvalue weighted by atomic mass is 9.89. The van der Waals surface area contributed by atoms with E-state index in [4.69, 9.17) is 5.73 Å². The van der Waals surface area contributed by atoms with Crippen molar-refractivity contribution in [2.24, 2.45) is 11.7 Å². The van der Waals surface area contributed by atoms with Crippen LogP contribution in [0.15, 0.2) is 41.9 Å². The van der Waals surface area contributed by atoms with E-state index < -0.39 is 0 Å². The largest absolute Gasteiger partial charge is 0.347 e. The number of anilines is 1. The van der Waals surface area contributed by atoms with Gasteiger partial charge in [0.05, 0.1) is 0 Å². The lowest BCUT2D eigenvalue weighted by Gasteiger charge is -2.16. The molecule has 18 heavy (non-hydrogen) atoms. The summed E-state index contributed by atoms with van der Waals surface area (Å²) in [5, 5.41) is 3.15. The first-order valence-electron chi connectivity index (χ1n) is 6.28. The maximum absolute atomic E-state index is 5.93. The monoisotopic (exact) mass is 259 g/mol. The van der Waals surface area contributed by atoms with Crippen molar-refractivity contribution in [3.8, 4) is 0 Å². The zero-order chi connectivity index (χ0) is 12.4. The highest BCUT2D eigenvalue weighted by Crippen LogP contribution is 2.35. The number of nitrogens with two attached hydrogens (primary N) is 1. The van der Waals surface area contributed by atoms with Gasteiger partial charge in [0.15, 0.2) is 5.13 Å². The third-order valence-corrected chi connectivity index (χ3v) is 4.49. The lowest BCUT2D eigenvalue weighted by molar-refractivity contribution is 0.532. The third kappa shape index (κ3) is 2.13. The van der Waals surface area contributed by atoms with E-state index in [0.29, 0.717) is 11.8 Å². The van der Waals surface area contributed by atoms with Crippen molar-refractivity contribution < 1.29 is 0 Å². The van der Waals surface area contributed by atoms with Crippen molar-refractivity contribution >= 4 is 16.5 Å². The van der Waals surface area contributed by atoms with E-state index >= 15 is 0 Å². The SMILES string of the molecule is NC[C@@H]1CN(c2nccs2)C[C@H]1c1ccccc1. The van der Waals surface area contributed by atoms with Gasteiger partial charge in [0, 0.05) is 30.6 Å². The molecule has 1 aliphatic rings. The van der Waals surface area contributed by atoms with Crippen molar-refractivity contribution in [3.05, 3.63) is 47.5 Å². The van der Waals surface area contributed by atoms with Gasteiger partial charge in [0.2, 0.25) is 0 Å². The Morgan fingerprint density at radius 1 is 1.28 bits per heavy atom. The molecule has 0 amide bonds. The highest BCUT2D eigenvalue weighted by atomic mass is 32.1. The summed E-state index contributed by atoms with van der Waals surface area (Å²) in [5.41, 5.74) is 7.33. The van der Waals surface area contributed by atoms with Gasteiger partial charge in [-0.15, -0.1) is 11.3 Å². The molecule has 3 rings (SSSR count). The lowest BCUT2D eigenvalue weighted by Crippen LogP contribution is -2.22. The quantitative estimate of drug-likeness (QED) is 0.920. The Morgan fingerprint density at radius 3 is 2.78 bits per heavy atom. The van der Waals surface area contributed by atoms with Gasteiger partial charge in [0.1, 0.15) is 0 Å². The van der Waals surface area contributed by atoms with Crippen LogP contribution in [0.1, 0.15) is 11.5 Å². The van der Waals surface area contributed by atoms with Gasteiger partial charge < -0.3 is 10.6 Å². The smallest absolute Gasteiger partial charge is 0.185 e. The molecular weight excluding hydrogens is 242 g/mol. The molecule has 2 atom stereocenters. The van der Waals surface area contributed by atoms with Crippen LogP contribution in [0.5, 0.6) is 0 Å². The van der Waals surface area contributed by atoms with Crippen LogP contribution < -0.4 is 10.6 Å². The van der Waals surface area contributed by atoms with Gasteiger partial charge in [-0.3, -0.25) is 0 Å². The summed E-state index contributed by atoms with van der Waals surface area (Å²) >= 11 is 1.70. The number of nitrogens with zero attached hydrogens (tertiary/aromatic N) is 2. The van der Waals surface area contributed by atoms with E-state index in [0.717, 1.165) is 24.8 Å². The van der Waals surface area contributed by atoms with Crippen LogP contribution in [-0.4, -0.2) is 24.6 Å². The predicted molar refractivity (Wildman–Crippen MR) is 76.1 cm³/mol. The second-order valence-corrected chi connectivity index (χ2v) is 5.61. The molecule has 0 unspecified atom stereocenters. The summed E-state index contributed by atoms with van der Waals surface area (Å²) < 4.78 is 0. The first kappa shape index (κ1) is 11.7. The number of aromatic nitrogens is 1. The van der Waals surface area contributed by atoms with Crippen molar-refractivity contribution in [3.63, 3.8) is 0 Å². The highest BCUT2D eigenvalue weighted by molar-refractivity contribution is 7.13. The Balaban J connectivity index is 1.83. The molecule has 3 nitrogen and oxygen atoms in total. The van der Waals surface area contributed by atoms with E-state index in [-0.39, 0.29) is 0 Å². The minimum Gasteiger partial charge on any atom is -0.347 e. The maximum atomic E-state index is 5.93. The Kier molecular flexibility index (Phi) is 3.30. The van der Waals surface area contributed by atoms with Gasteiger partial charge in [-0.1, -0.05) is 30.3 Å². The first-order valence-corrected chi connectivity index (χ1v) is 7.16. The highest BCUT2D eigenvalue weighted by Gasteiger charge is 2.33. The Morgan fingerprint density at radius 2 is 2.11 bits per heavy atom. The van der Waals surface area contributed by atoms with Crippen LogP contribution in [0, 0.1) is 5.92 Å². The van der Waals surface area contributed by atoms with E-state index in [1.165, 1.54) is 5.56 Å². The molecule has 0 radical (unpaired) electrons. The van der Waals surface area contributed by atoms with Crippen molar-refractivity contribution in [2.75, 3.05) is 24.5 Å². The maximum Gasteiger partial charge on any atom is 0.185 e. The van der Waals surface area contributed by atoms with Gasteiger partial charge >= 0.3 is 0 Å². The van der Waals surface area contributed by atoms with Gasteiger partial charge in [-0.25, -0.2) is 4.98 Å². The topological polar surface area (TPSA) is 42.1 Å². The average molecular weight is 259 g/mol. The average Bonchev–Trinajstić information content (AvgIpc) is 3.08. The number of thiazole rings is 1. The summed E-state index contributed by atoms with van der Waals surface area (Å²) in [7, 11) is 0. The van der Waals surface area contributed by atoms with E-state index in [9.17, 15) is 0 Å². The molecule has 1 fully saturated rings. The van der Waals surface area contributed by atoms with E-state index in [1.54, 1.807) is 11.3 Å². The number of rotatable bonds is 3. The molecule has 1 aromatic heterocycles. The van der Waals surface area contributed by atoms with Gasteiger partial charge in [-0.2, -0.15) is 0 Å². The minimum absolute atomic E-state index is 0.524. The molecule has 1 aromatic carbocycles. The molecule has 1 saturated heterocycles. The Labute approximate surface area is 111 Å². The standard InChI is InChI=1S/C14H17N3S/c15-8-12-9-17(14-16-6-7-18-14)10-13(12)11-4-2-1-3-5-11/h1-7,12-13H,8-10,15H2/t12-,13+/m1/s1. The molecule has 1 aliphatic heterocycles. The second kappa shape index (κ2) is 5.08. The van der Waals surface area contributed by atoms with Crippen LogP contribution in [0.3, 0.4) is 0 Å². The Hall–Kier alpha value is -1.39. The molecule has 0 aliphatic carbocycles. The molecule has 4 heteroatoms. The van der Waals surface area contributed by atoms with Crippen molar-refractivity contribution in [1.29, 1.82) is 0 Å². The second-order valence-electron chi connectivity index (χ2n) is 4.73. The zero-order valence-corrected chi connectivity index (χ0v) is 11.0. The van der Waals surface area contributed by atoms with Crippen molar-refractivity contribution in [1.82, 2.24) is 4.98 Å². The molecule has 2 heterocycles. The van der Waals surface area contributed by atoms with E-state index in [1.807, 2.05) is 11.6 Å². The molecule has 2 aromatic rings. The molecular formula is C14H17N3S. The number of benzene rings is 1. The van der Waals surface area contributed by atoms with Crippen molar-refractivity contribution in [2.45, 2.75) is 5.92 Å². The summed E-state index contributed by atoms with van der Waals surface area (Å²) in [6.07, 6.45) is 1.87. The van der Waals surface area contributed by atoms with Crippen LogP contribution in [-0.2, 0) is 0 Å². The summed E-state index contributed by atoms with van der Waals surface area (Å²) in [5.74, 6) is 1.05. The molecule has 0 saturated carbocycles. The summed E-state index contributed by atoms with van der Waals surface area (Å²) in [6, 6.07) is 10.7.